The average molecular weight is 341 g/mol. The van der Waals surface area contributed by atoms with Crippen LogP contribution in [0, 0.1) is 5.92 Å². The van der Waals surface area contributed by atoms with Gasteiger partial charge in [-0.1, -0.05) is 60.4 Å². The van der Waals surface area contributed by atoms with Gasteiger partial charge in [-0.05, 0) is 30.5 Å². The summed E-state index contributed by atoms with van der Waals surface area (Å²) in [5.41, 5.74) is 1.07. The van der Waals surface area contributed by atoms with E-state index in [1.807, 2.05) is 0 Å². The van der Waals surface area contributed by atoms with Crippen molar-refractivity contribution in [1.82, 2.24) is 4.98 Å². The first-order valence-electron chi connectivity index (χ1n) is 7.02. The van der Waals surface area contributed by atoms with Gasteiger partial charge in [0.1, 0.15) is 0 Å². The van der Waals surface area contributed by atoms with E-state index in [1.54, 1.807) is 11.3 Å². The molecule has 1 aromatic heterocycles. The van der Waals surface area contributed by atoms with Gasteiger partial charge in [0.15, 0.2) is 5.13 Å². The normalized spacial score (nSPS) is 12.8. The summed E-state index contributed by atoms with van der Waals surface area (Å²) in [4.78, 5) is 4.64. The van der Waals surface area contributed by atoms with Gasteiger partial charge in [-0.25, -0.2) is 4.98 Å². The maximum atomic E-state index is 4.64. The fourth-order valence-electron chi connectivity index (χ4n) is 2.15. The Morgan fingerprint density at radius 3 is 2.95 bits per heavy atom. The molecule has 0 fully saturated rings. The van der Waals surface area contributed by atoms with E-state index < -0.39 is 0 Å². The molecule has 0 radical (unpaired) electrons. The minimum atomic E-state index is 0.763. The zero-order valence-electron chi connectivity index (χ0n) is 11.6. The van der Waals surface area contributed by atoms with Crippen LogP contribution in [0.1, 0.15) is 39.5 Å². The highest BCUT2D eigenvalue weighted by molar-refractivity contribution is 9.10. The van der Waals surface area contributed by atoms with Crippen molar-refractivity contribution in [3.63, 3.8) is 0 Å². The number of hydrogen-bond donors (Lipinski definition) is 1. The van der Waals surface area contributed by atoms with Crippen molar-refractivity contribution >= 4 is 42.6 Å². The highest BCUT2D eigenvalue weighted by Gasteiger charge is 2.08. The van der Waals surface area contributed by atoms with Gasteiger partial charge in [-0.15, -0.1) is 0 Å². The molecule has 1 N–H and O–H groups in total. The van der Waals surface area contributed by atoms with Gasteiger partial charge in [-0.3, -0.25) is 0 Å². The molecule has 0 aliphatic carbocycles. The van der Waals surface area contributed by atoms with Crippen molar-refractivity contribution in [3.8, 4) is 0 Å². The van der Waals surface area contributed by atoms with Gasteiger partial charge >= 0.3 is 0 Å². The van der Waals surface area contributed by atoms with E-state index in [1.165, 1.54) is 30.4 Å². The van der Waals surface area contributed by atoms with Gasteiger partial charge < -0.3 is 5.32 Å². The molecule has 2 rings (SSSR count). The smallest absolute Gasteiger partial charge is 0.183 e. The molecule has 0 amide bonds. The van der Waals surface area contributed by atoms with Crippen LogP contribution >= 0.6 is 27.3 Å². The van der Waals surface area contributed by atoms with Gasteiger partial charge in [0, 0.05) is 11.0 Å². The molecule has 4 heteroatoms. The Hall–Kier alpha value is -0.610. The Balaban J connectivity index is 1.97. The van der Waals surface area contributed by atoms with E-state index in [0.717, 1.165) is 27.6 Å². The fourth-order valence-corrected chi connectivity index (χ4v) is 3.35. The number of anilines is 1. The second kappa shape index (κ2) is 7.25. The quantitative estimate of drug-likeness (QED) is 0.700. The number of thiazole rings is 1. The Morgan fingerprint density at radius 1 is 1.37 bits per heavy atom. The third-order valence-electron chi connectivity index (χ3n) is 3.43. The molecular weight excluding hydrogens is 320 g/mol. The van der Waals surface area contributed by atoms with E-state index in [2.05, 4.69) is 58.3 Å². The van der Waals surface area contributed by atoms with Gasteiger partial charge in [0.25, 0.3) is 0 Å². The van der Waals surface area contributed by atoms with Crippen molar-refractivity contribution < 1.29 is 0 Å². The molecule has 19 heavy (non-hydrogen) atoms. The maximum absolute atomic E-state index is 4.64. The summed E-state index contributed by atoms with van der Waals surface area (Å²) in [5, 5.41) is 4.55. The number of rotatable bonds is 7. The maximum Gasteiger partial charge on any atom is 0.183 e. The number of hydrogen-bond acceptors (Lipinski definition) is 3. The van der Waals surface area contributed by atoms with Crippen molar-refractivity contribution in [1.29, 1.82) is 0 Å². The van der Waals surface area contributed by atoms with Crippen LogP contribution in [-0.4, -0.2) is 11.5 Å². The zero-order chi connectivity index (χ0) is 13.7. The number of benzene rings is 1. The molecule has 2 nitrogen and oxygen atoms in total. The number of unbranched alkanes of at least 4 members (excludes halogenated alkanes) is 1. The lowest BCUT2D eigenvalue weighted by molar-refractivity contribution is 0.473. The Labute approximate surface area is 127 Å². The van der Waals surface area contributed by atoms with Crippen molar-refractivity contribution in [2.45, 2.75) is 39.5 Å². The monoisotopic (exact) mass is 340 g/mol. The Morgan fingerprint density at radius 2 is 2.21 bits per heavy atom. The van der Waals surface area contributed by atoms with E-state index in [4.69, 9.17) is 0 Å². The largest absolute Gasteiger partial charge is 0.361 e. The topological polar surface area (TPSA) is 24.9 Å². The third kappa shape index (κ3) is 4.18. The standard InChI is InChI=1S/C15H21BrN2S/c1-3-5-6-11(4-2)10-17-15-18-13-9-12(16)7-8-14(13)19-15/h7-9,11H,3-6,10H2,1-2H3,(H,17,18). The summed E-state index contributed by atoms with van der Waals surface area (Å²) >= 11 is 5.23. The van der Waals surface area contributed by atoms with Crippen LogP contribution in [-0.2, 0) is 0 Å². The summed E-state index contributed by atoms with van der Waals surface area (Å²) in [5.74, 6) is 0.763. The molecule has 0 aliphatic rings. The van der Waals surface area contributed by atoms with Crippen LogP contribution in [0.4, 0.5) is 5.13 Å². The van der Waals surface area contributed by atoms with E-state index in [9.17, 15) is 0 Å². The predicted octanol–water partition coefficient (Wildman–Crippen LogP) is 5.69. The Kier molecular flexibility index (Phi) is 5.64. The molecule has 104 valence electrons. The lowest BCUT2D eigenvalue weighted by Crippen LogP contribution is -2.13. The number of nitrogens with one attached hydrogen (secondary N) is 1. The summed E-state index contributed by atoms with van der Waals surface area (Å²) in [7, 11) is 0. The second-order valence-electron chi connectivity index (χ2n) is 4.93. The zero-order valence-corrected chi connectivity index (χ0v) is 14.0. The fraction of sp³-hybridized carbons (Fsp3) is 0.533. The molecule has 0 bridgehead atoms. The van der Waals surface area contributed by atoms with Crippen molar-refractivity contribution in [2.24, 2.45) is 5.92 Å². The summed E-state index contributed by atoms with van der Waals surface area (Å²) in [6, 6.07) is 6.27. The SMILES string of the molecule is CCCCC(CC)CNc1nc2cc(Br)ccc2s1. The number of nitrogens with zero attached hydrogens (tertiary/aromatic N) is 1. The molecule has 0 aliphatic heterocycles. The van der Waals surface area contributed by atoms with Gasteiger partial charge in [0.2, 0.25) is 0 Å². The second-order valence-corrected chi connectivity index (χ2v) is 6.87. The first-order chi connectivity index (χ1) is 9.22. The lowest BCUT2D eigenvalue weighted by Gasteiger charge is -2.14. The van der Waals surface area contributed by atoms with Gasteiger partial charge in [0.05, 0.1) is 10.2 Å². The highest BCUT2D eigenvalue weighted by Crippen LogP contribution is 2.28. The van der Waals surface area contributed by atoms with Crippen molar-refractivity contribution in [3.05, 3.63) is 22.7 Å². The summed E-state index contributed by atoms with van der Waals surface area (Å²) < 4.78 is 2.33. The molecule has 1 aromatic carbocycles. The number of fused-ring (bicyclic) bond motifs is 1. The van der Waals surface area contributed by atoms with Crippen LogP contribution in [0.3, 0.4) is 0 Å². The molecule has 1 heterocycles. The minimum Gasteiger partial charge on any atom is -0.361 e. The molecular formula is C15H21BrN2S. The predicted molar refractivity (Wildman–Crippen MR) is 89.1 cm³/mol. The first kappa shape index (κ1) is 14.8. The number of aromatic nitrogens is 1. The van der Waals surface area contributed by atoms with E-state index >= 15 is 0 Å². The van der Waals surface area contributed by atoms with Crippen molar-refractivity contribution in [2.75, 3.05) is 11.9 Å². The summed E-state index contributed by atoms with van der Waals surface area (Å²) in [6.07, 6.45) is 5.17. The molecule has 0 saturated heterocycles. The third-order valence-corrected chi connectivity index (χ3v) is 4.92. The van der Waals surface area contributed by atoms with Crippen LogP contribution < -0.4 is 5.32 Å². The lowest BCUT2D eigenvalue weighted by atomic mass is 10.00. The summed E-state index contributed by atoms with van der Waals surface area (Å²) in [6.45, 7) is 5.57. The first-order valence-corrected chi connectivity index (χ1v) is 8.63. The van der Waals surface area contributed by atoms with Crippen LogP contribution in [0.15, 0.2) is 22.7 Å². The average Bonchev–Trinajstić information content (AvgIpc) is 2.81. The number of halogens is 1. The molecule has 2 aromatic rings. The van der Waals surface area contributed by atoms with E-state index in [0.29, 0.717) is 0 Å². The molecule has 1 atom stereocenters. The van der Waals surface area contributed by atoms with Crippen LogP contribution in [0.2, 0.25) is 0 Å². The van der Waals surface area contributed by atoms with Gasteiger partial charge in [-0.2, -0.15) is 0 Å². The highest BCUT2D eigenvalue weighted by atomic mass is 79.9. The Bertz CT molecular complexity index is 524. The van der Waals surface area contributed by atoms with E-state index in [-0.39, 0.29) is 0 Å². The molecule has 0 saturated carbocycles. The van der Waals surface area contributed by atoms with Crippen LogP contribution in [0.5, 0.6) is 0 Å². The molecule has 1 unspecified atom stereocenters. The minimum absolute atomic E-state index is 0.763. The van der Waals surface area contributed by atoms with Crippen LogP contribution in [0.25, 0.3) is 10.2 Å². The molecule has 0 spiro atoms.